The molecule has 2 rings (SSSR count). The Balaban J connectivity index is 2.16. The van der Waals surface area contributed by atoms with E-state index in [0.717, 1.165) is 11.1 Å². The average molecular weight is 410 g/mol. The number of amides is 1. The molecule has 0 saturated heterocycles. The average Bonchev–Trinajstić information content (AvgIpc) is 2.78. The molecule has 0 bridgehead atoms. The Morgan fingerprint density at radius 3 is 2.27 bits per heavy atom. The van der Waals surface area contributed by atoms with Crippen molar-refractivity contribution >= 4 is 23.0 Å². The van der Waals surface area contributed by atoms with Crippen LogP contribution < -0.4 is 5.32 Å². The molecule has 8 nitrogen and oxygen atoms in total. The Bertz CT molecular complexity index is 924. The van der Waals surface area contributed by atoms with E-state index in [9.17, 15) is 4.79 Å². The van der Waals surface area contributed by atoms with Crippen molar-refractivity contribution in [2.24, 2.45) is 15.5 Å². The summed E-state index contributed by atoms with van der Waals surface area (Å²) in [6.45, 7) is 1.94. The van der Waals surface area contributed by atoms with Crippen LogP contribution in [-0.2, 0) is 32.3 Å². The van der Waals surface area contributed by atoms with Crippen molar-refractivity contribution in [3.8, 4) is 0 Å². The molecule has 1 N–H and O–H groups in total. The van der Waals surface area contributed by atoms with E-state index in [2.05, 4.69) is 20.8 Å². The summed E-state index contributed by atoms with van der Waals surface area (Å²) in [6, 6.07) is 17.2. The molecule has 2 aromatic carbocycles. The van der Waals surface area contributed by atoms with Crippen molar-refractivity contribution in [3.05, 3.63) is 71.3 Å². The molecule has 0 heterocycles. The van der Waals surface area contributed by atoms with Gasteiger partial charge in [0, 0.05) is 24.6 Å². The van der Waals surface area contributed by atoms with Gasteiger partial charge in [0.2, 0.25) is 0 Å². The number of hydrogen-bond donors (Lipinski definition) is 1. The Morgan fingerprint density at radius 1 is 0.933 bits per heavy atom. The van der Waals surface area contributed by atoms with Gasteiger partial charge in [-0.25, -0.2) is 0 Å². The topological polar surface area (TPSA) is 93.9 Å². The first-order valence-corrected chi connectivity index (χ1v) is 9.33. The van der Waals surface area contributed by atoms with Gasteiger partial charge in [-0.15, -0.1) is 0 Å². The lowest BCUT2D eigenvalue weighted by Crippen LogP contribution is -2.29. The number of nitrogens with one attached hydrogen (secondary N) is 1. The van der Waals surface area contributed by atoms with E-state index in [0.29, 0.717) is 23.4 Å². The normalized spacial score (nSPS) is 12.3. The molecule has 2 aromatic rings. The quantitative estimate of drug-likeness (QED) is 0.481. The number of carbonyl (C=O) groups excluding carboxylic acids is 1. The fourth-order valence-corrected chi connectivity index (χ4v) is 2.68. The van der Waals surface area contributed by atoms with Crippen molar-refractivity contribution in [2.45, 2.75) is 20.0 Å². The predicted octanol–water partition coefficient (Wildman–Crippen LogP) is 2.92. The van der Waals surface area contributed by atoms with Crippen molar-refractivity contribution in [1.29, 1.82) is 0 Å². The van der Waals surface area contributed by atoms with E-state index in [1.54, 1.807) is 13.0 Å². The highest BCUT2D eigenvalue weighted by Gasteiger charge is 2.17. The molecule has 0 radical (unpaired) electrons. The number of oxime groups is 3. The van der Waals surface area contributed by atoms with Crippen LogP contribution in [0.1, 0.15) is 23.6 Å². The molecule has 158 valence electrons. The lowest BCUT2D eigenvalue weighted by Gasteiger charge is -2.10. The second kappa shape index (κ2) is 12.0. The Labute approximate surface area is 176 Å². The van der Waals surface area contributed by atoms with Crippen molar-refractivity contribution in [1.82, 2.24) is 5.32 Å². The minimum atomic E-state index is -0.360. The number of hydrogen-bond acceptors (Lipinski definition) is 7. The van der Waals surface area contributed by atoms with Crippen LogP contribution in [0.15, 0.2) is 70.1 Å². The summed E-state index contributed by atoms with van der Waals surface area (Å²) in [4.78, 5) is 27.5. The van der Waals surface area contributed by atoms with Crippen LogP contribution >= 0.6 is 0 Å². The van der Waals surface area contributed by atoms with Crippen LogP contribution in [0.2, 0.25) is 0 Å². The van der Waals surface area contributed by atoms with Crippen molar-refractivity contribution in [3.63, 3.8) is 0 Å². The standard InChI is InChI=1S/C22H26N4O4/c1-16(20(25-28-3)14-17-10-6-5-7-11-17)24-30-15-18-12-8-9-13-19(18)21(26-29-4)22(27)23-2/h5-13H,14-15H2,1-4H3,(H,23,27). The molecule has 1 amide bonds. The summed E-state index contributed by atoms with van der Waals surface area (Å²) in [5.74, 6) is -0.360. The molecule has 0 spiro atoms. The second-order valence-corrected chi connectivity index (χ2v) is 6.19. The third-order valence-electron chi connectivity index (χ3n) is 4.15. The fraction of sp³-hybridized carbons (Fsp3) is 0.273. The first kappa shape index (κ1) is 22.6. The van der Waals surface area contributed by atoms with E-state index < -0.39 is 0 Å². The highest BCUT2D eigenvalue weighted by atomic mass is 16.6. The third kappa shape index (κ3) is 6.44. The summed E-state index contributed by atoms with van der Waals surface area (Å²) in [5, 5.41) is 14.6. The number of benzene rings is 2. The highest BCUT2D eigenvalue weighted by molar-refractivity contribution is 6.45. The molecule has 0 aliphatic rings. The lowest BCUT2D eigenvalue weighted by atomic mass is 10.0. The monoisotopic (exact) mass is 410 g/mol. The second-order valence-electron chi connectivity index (χ2n) is 6.19. The first-order valence-electron chi connectivity index (χ1n) is 9.33. The number of rotatable bonds is 10. The van der Waals surface area contributed by atoms with Crippen LogP contribution in [0.5, 0.6) is 0 Å². The molecular weight excluding hydrogens is 384 g/mol. The van der Waals surface area contributed by atoms with Gasteiger partial charge in [0.25, 0.3) is 5.91 Å². The Kier molecular flexibility index (Phi) is 9.05. The highest BCUT2D eigenvalue weighted by Crippen LogP contribution is 2.13. The van der Waals surface area contributed by atoms with Gasteiger partial charge in [0.05, 0.1) is 0 Å². The van der Waals surface area contributed by atoms with E-state index in [1.165, 1.54) is 21.3 Å². The summed E-state index contributed by atoms with van der Waals surface area (Å²) in [6.07, 6.45) is 0.561. The van der Waals surface area contributed by atoms with Gasteiger partial charge in [0.15, 0.2) is 5.71 Å². The number of nitrogens with zero attached hydrogens (tertiary/aromatic N) is 3. The lowest BCUT2D eigenvalue weighted by molar-refractivity contribution is -0.114. The number of carbonyl (C=O) groups is 1. The van der Waals surface area contributed by atoms with E-state index in [-0.39, 0.29) is 18.2 Å². The SMILES string of the molecule is CNC(=O)C(=NOC)c1ccccc1CON=C(C)C(Cc1ccccc1)=NOC. The van der Waals surface area contributed by atoms with Gasteiger partial charge >= 0.3 is 0 Å². The minimum Gasteiger partial charge on any atom is -0.399 e. The molecule has 0 aliphatic heterocycles. The molecule has 0 fully saturated rings. The molecule has 0 saturated carbocycles. The predicted molar refractivity (Wildman–Crippen MR) is 117 cm³/mol. The third-order valence-corrected chi connectivity index (χ3v) is 4.15. The largest absolute Gasteiger partial charge is 0.399 e. The van der Waals surface area contributed by atoms with E-state index in [1.807, 2.05) is 48.5 Å². The van der Waals surface area contributed by atoms with Gasteiger partial charge in [-0.05, 0) is 12.5 Å². The van der Waals surface area contributed by atoms with E-state index >= 15 is 0 Å². The molecule has 0 aliphatic carbocycles. The summed E-state index contributed by atoms with van der Waals surface area (Å²) >= 11 is 0. The smallest absolute Gasteiger partial charge is 0.273 e. The van der Waals surface area contributed by atoms with Crippen molar-refractivity contribution in [2.75, 3.05) is 21.3 Å². The van der Waals surface area contributed by atoms with Gasteiger partial charge in [-0.1, -0.05) is 70.1 Å². The Morgan fingerprint density at radius 2 is 1.60 bits per heavy atom. The summed E-state index contributed by atoms with van der Waals surface area (Å²) < 4.78 is 0. The van der Waals surface area contributed by atoms with Crippen LogP contribution in [0, 0.1) is 0 Å². The number of likely N-dealkylation sites (N-methyl/N-ethyl adjacent to an activating group) is 1. The molecule has 30 heavy (non-hydrogen) atoms. The maximum Gasteiger partial charge on any atom is 0.273 e. The van der Waals surface area contributed by atoms with Gasteiger partial charge < -0.3 is 19.8 Å². The fourth-order valence-electron chi connectivity index (χ4n) is 2.68. The maximum atomic E-state index is 12.2. The summed E-state index contributed by atoms with van der Waals surface area (Å²) in [5.41, 5.74) is 3.83. The molecule has 0 aromatic heterocycles. The zero-order chi connectivity index (χ0) is 21.8. The van der Waals surface area contributed by atoms with E-state index in [4.69, 9.17) is 14.5 Å². The minimum absolute atomic E-state index is 0.138. The summed E-state index contributed by atoms with van der Waals surface area (Å²) in [7, 11) is 4.41. The van der Waals surface area contributed by atoms with Crippen LogP contribution in [-0.4, -0.2) is 44.3 Å². The first-order chi connectivity index (χ1) is 14.6. The molecule has 0 atom stereocenters. The molecule has 8 heteroatoms. The van der Waals surface area contributed by atoms with Gasteiger partial charge in [-0.2, -0.15) is 0 Å². The Hall–Kier alpha value is -3.68. The van der Waals surface area contributed by atoms with Crippen molar-refractivity contribution < 1.29 is 19.3 Å². The molecular formula is C22H26N4O4. The zero-order valence-corrected chi connectivity index (χ0v) is 17.6. The molecule has 0 unspecified atom stereocenters. The zero-order valence-electron chi connectivity index (χ0n) is 17.6. The maximum absolute atomic E-state index is 12.2. The van der Waals surface area contributed by atoms with Crippen LogP contribution in [0.25, 0.3) is 0 Å². The van der Waals surface area contributed by atoms with Crippen LogP contribution in [0.3, 0.4) is 0 Å². The van der Waals surface area contributed by atoms with Crippen LogP contribution in [0.4, 0.5) is 0 Å². The van der Waals surface area contributed by atoms with Gasteiger partial charge in [0.1, 0.15) is 32.2 Å². The van der Waals surface area contributed by atoms with Gasteiger partial charge in [-0.3, -0.25) is 4.79 Å².